The van der Waals surface area contributed by atoms with E-state index in [9.17, 15) is 8.78 Å². The second-order valence-electron chi connectivity index (χ2n) is 7.03. The summed E-state index contributed by atoms with van der Waals surface area (Å²) in [5.74, 6) is -1.68. The lowest BCUT2D eigenvalue weighted by Crippen LogP contribution is -2.24. The smallest absolute Gasteiger partial charge is 0.204 e. The standard InChI is InChI=1S/C21H32F2O2/c1-3-5-7-8-10-14-24-18-15-16-12-13-17(11-9-6-4-2)25-21(16)20(23)19(18)22/h15,17H,3-14H2,1-2H3. The highest BCUT2D eigenvalue weighted by Crippen LogP contribution is 2.37. The molecule has 2 rings (SSSR count). The summed E-state index contributed by atoms with van der Waals surface area (Å²) in [5, 5.41) is 0. The van der Waals surface area contributed by atoms with Crippen LogP contribution in [0.4, 0.5) is 8.78 Å². The van der Waals surface area contributed by atoms with Gasteiger partial charge in [0.15, 0.2) is 11.5 Å². The third kappa shape index (κ3) is 5.86. The SMILES string of the molecule is CCCCCCCOc1cc2c(c(F)c1F)OC(CCCCC)CC2. The van der Waals surface area contributed by atoms with Crippen molar-refractivity contribution in [2.75, 3.05) is 6.61 Å². The molecule has 25 heavy (non-hydrogen) atoms. The van der Waals surface area contributed by atoms with Crippen LogP contribution in [0.25, 0.3) is 0 Å². The van der Waals surface area contributed by atoms with Crippen molar-refractivity contribution in [1.29, 1.82) is 0 Å². The summed E-state index contributed by atoms with van der Waals surface area (Å²) in [6.45, 7) is 4.75. The lowest BCUT2D eigenvalue weighted by atomic mass is 9.98. The summed E-state index contributed by atoms with van der Waals surface area (Å²) in [7, 11) is 0. The molecule has 0 fully saturated rings. The highest BCUT2D eigenvalue weighted by Gasteiger charge is 2.27. The van der Waals surface area contributed by atoms with E-state index in [1.807, 2.05) is 0 Å². The first-order chi connectivity index (χ1) is 12.2. The fraction of sp³-hybridized carbons (Fsp3) is 0.714. The molecule has 0 amide bonds. The number of hydrogen-bond acceptors (Lipinski definition) is 2. The fourth-order valence-corrected chi connectivity index (χ4v) is 3.31. The van der Waals surface area contributed by atoms with Crippen LogP contribution >= 0.6 is 0 Å². The zero-order valence-electron chi connectivity index (χ0n) is 15.7. The van der Waals surface area contributed by atoms with Crippen LogP contribution in [0.15, 0.2) is 6.07 Å². The highest BCUT2D eigenvalue weighted by molar-refractivity contribution is 5.44. The molecule has 0 bridgehead atoms. The summed E-state index contributed by atoms with van der Waals surface area (Å²) >= 11 is 0. The van der Waals surface area contributed by atoms with Crippen LogP contribution in [0.3, 0.4) is 0 Å². The van der Waals surface area contributed by atoms with Gasteiger partial charge in [0.05, 0.1) is 12.7 Å². The van der Waals surface area contributed by atoms with Gasteiger partial charge in [-0.1, -0.05) is 52.4 Å². The van der Waals surface area contributed by atoms with E-state index >= 15 is 0 Å². The molecule has 0 aromatic heterocycles. The van der Waals surface area contributed by atoms with Gasteiger partial charge < -0.3 is 9.47 Å². The second-order valence-corrected chi connectivity index (χ2v) is 7.03. The van der Waals surface area contributed by atoms with Crippen LogP contribution in [0.1, 0.15) is 83.6 Å². The number of aryl methyl sites for hydroxylation is 1. The molecule has 142 valence electrons. The quantitative estimate of drug-likeness (QED) is 0.417. The predicted octanol–water partition coefficient (Wildman–Crippen LogP) is 6.59. The molecule has 0 radical (unpaired) electrons. The van der Waals surface area contributed by atoms with Crippen molar-refractivity contribution < 1.29 is 18.3 Å². The van der Waals surface area contributed by atoms with Gasteiger partial charge in [-0.05, 0) is 38.2 Å². The average molecular weight is 354 g/mol. The van der Waals surface area contributed by atoms with E-state index in [4.69, 9.17) is 9.47 Å². The minimum absolute atomic E-state index is 0.00159. The van der Waals surface area contributed by atoms with Crippen LogP contribution in [0.2, 0.25) is 0 Å². The molecule has 1 aromatic carbocycles. The molecule has 1 aromatic rings. The van der Waals surface area contributed by atoms with E-state index < -0.39 is 11.6 Å². The topological polar surface area (TPSA) is 18.5 Å². The van der Waals surface area contributed by atoms with Gasteiger partial charge in [-0.25, -0.2) is 0 Å². The molecule has 1 aliphatic heterocycles. The number of unbranched alkanes of at least 4 members (excludes halogenated alkanes) is 6. The Morgan fingerprint density at radius 3 is 2.48 bits per heavy atom. The molecule has 0 saturated carbocycles. The molecule has 4 heteroatoms. The van der Waals surface area contributed by atoms with Gasteiger partial charge in [0, 0.05) is 5.56 Å². The molecule has 1 heterocycles. The van der Waals surface area contributed by atoms with Crippen molar-refractivity contribution in [1.82, 2.24) is 0 Å². The molecule has 0 aliphatic carbocycles. The summed E-state index contributed by atoms with van der Waals surface area (Å²) in [5.41, 5.74) is 0.728. The maximum atomic E-state index is 14.4. The Balaban J connectivity index is 1.92. The highest BCUT2D eigenvalue weighted by atomic mass is 19.2. The summed E-state index contributed by atoms with van der Waals surface area (Å²) in [6, 6.07) is 1.63. The predicted molar refractivity (Wildman–Crippen MR) is 97.5 cm³/mol. The van der Waals surface area contributed by atoms with E-state index in [-0.39, 0.29) is 17.6 Å². The van der Waals surface area contributed by atoms with Crippen LogP contribution in [0, 0.1) is 11.6 Å². The third-order valence-electron chi connectivity index (χ3n) is 4.86. The summed E-state index contributed by atoms with van der Waals surface area (Å²) in [6.07, 6.45) is 11.3. The molecule has 1 aliphatic rings. The zero-order valence-corrected chi connectivity index (χ0v) is 15.7. The Morgan fingerprint density at radius 1 is 1.00 bits per heavy atom. The van der Waals surface area contributed by atoms with Gasteiger partial charge in [-0.15, -0.1) is 0 Å². The monoisotopic (exact) mass is 354 g/mol. The number of halogens is 2. The molecule has 1 unspecified atom stereocenters. The van der Waals surface area contributed by atoms with Crippen molar-refractivity contribution in [3.63, 3.8) is 0 Å². The van der Waals surface area contributed by atoms with Crippen molar-refractivity contribution in [2.45, 2.75) is 90.6 Å². The average Bonchev–Trinajstić information content (AvgIpc) is 2.62. The second kappa shape index (κ2) is 10.6. The first-order valence-electron chi connectivity index (χ1n) is 9.97. The van der Waals surface area contributed by atoms with Gasteiger partial charge in [0.1, 0.15) is 0 Å². The number of hydrogen-bond donors (Lipinski definition) is 0. The maximum absolute atomic E-state index is 14.4. The van der Waals surface area contributed by atoms with E-state index in [1.165, 1.54) is 12.8 Å². The van der Waals surface area contributed by atoms with Crippen molar-refractivity contribution in [2.24, 2.45) is 0 Å². The first-order valence-corrected chi connectivity index (χ1v) is 9.97. The number of ether oxygens (including phenoxy) is 2. The Morgan fingerprint density at radius 2 is 1.72 bits per heavy atom. The number of rotatable bonds is 11. The third-order valence-corrected chi connectivity index (χ3v) is 4.86. The lowest BCUT2D eigenvalue weighted by molar-refractivity contribution is 0.149. The van der Waals surface area contributed by atoms with Gasteiger partial charge in [0.25, 0.3) is 0 Å². The largest absolute Gasteiger partial charge is 0.490 e. The van der Waals surface area contributed by atoms with E-state index in [1.54, 1.807) is 6.07 Å². The lowest BCUT2D eigenvalue weighted by Gasteiger charge is -2.27. The van der Waals surface area contributed by atoms with Gasteiger partial charge in [0.2, 0.25) is 11.6 Å². The number of benzene rings is 1. The van der Waals surface area contributed by atoms with Crippen molar-refractivity contribution in [3.05, 3.63) is 23.3 Å². The summed E-state index contributed by atoms with van der Waals surface area (Å²) < 4.78 is 39.9. The first kappa shape index (κ1) is 20.0. The fourth-order valence-electron chi connectivity index (χ4n) is 3.31. The van der Waals surface area contributed by atoms with Crippen molar-refractivity contribution in [3.8, 4) is 11.5 Å². The van der Waals surface area contributed by atoms with Crippen LogP contribution in [-0.4, -0.2) is 12.7 Å². The molecule has 1 atom stereocenters. The normalized spacial score (nSPS) is 16.4. The molecule has 2 nitrogen and oxygen atoms in total. The van der Waals surface area contributed by atoms with E-state index in [0.717, 1.165) is 63.4 Å². The zero-order chi connectivity index (χ0) is 18.1. The number of fused-ring (bicyclic) bond motifs is 1. The molecule has 0 N–H and O–H groups in total. The van der Waals surface area contributed by atoms with E-state index in [0.29, 0.717) is 6.61 Å². The minimum Gasteiger partial charge on any atom is -0.490 e. The van der Waals surface area contributed by atoms with Crippen LogP contribution in [-0.2, 0) is 6.42 Å². The Hall–Kier alpha value is -1.32. The summed E-state index contributed by atoms with van der Waals surface area (Å²) in [4.78, 5) is 0. The van der Waals surface area contributed by atoms with Crippen LogP contribution < -0.4 is 9.47 Å². The van der Waals surface area contributed by atoms with Gasteiger partial charge in [-0.2, -0.15) is 8.78 Å². The Bertz CT molecular complexity index is 531. The van der Waals surface area contributed by atoms with Gasteiger partial charge in [-0.3, -0.25) is 0 Å². The molecular formula is C21H32F2O2. The maximum Gasteiger partial charge on any atom is 0.204 e. The minimum atomic E-state index is -0.915. The Labute approximate surface area is 150 Å². The molecule has 0 spiro atoms. The molecule has 0 saturated heterocycles. The molecular weight excluding hydrogens is 322 g/mol. The Kier molecular flexibility index (Phi) is 8.50. The van der Waals surface area contributed by atoms with Gasteiger partial charge >= 0.3 is 0 Å². The van der Waals surface area contributed by atoms with E-state index in [2.05, 4.69) is 13.8 Å². The van der Waals surface area contributed by atoms with Crippen LogP contribution in [0.5, 0.6) is 11.5 Å². The van der Waals surface area contributed by atoms with Crippen molar-refractivity contribution >= 4 is 0 Å².